The molecule has 6 nitrogen and oxygen atoms in total. The molecule has 0 fully saturated rings. The van der Waals surface area contributed by atoms with Crippen LogP contribution in [-0.4, -0.2) is 37.4 Å². The lowest BCUT2D eigenvalue weighted by Crippen LogP contribution is -2.25. The van der Waals surface area contributed by atoms with Crippen molar-refractivity contribution < 1.29 is 9.59 Å². The second kappa shape index (κ2) is 11.2. The van der Waals surface area contributed by atoms with Gasteiger partial charge in [0.05, 0.1) is 11.3 Å². The van der Waals surface area contributed by atoms with Gasteiger partial charge in [-0.3, -0.25) is 9.59 Å². The number of nitrogens with one attached hydrogen (secondary N) is 3. The number of hydrogen-bond donors (Lipinski definition) is 3. The average Bonchev–Trinajstić information content (AvgIpc) is 3.18. The molecule has 4 rings (SSSR count). The van der Waals surface area contributed by atoms with E-state index in [-0.39, 0.29) is 11.8 Å². The van der Waals surface area contributed by atoms with Crippen LogP contribution in [-0.2, 0) is 11.3 Å². The number of anilines is 2. The van der Waals surface area contributed by atoms with Crippen molar-refractivity contribution in [2.75, 3.05) is 31.3 Å². The van der Waals surface area contributed by atoms with E-state index in [9.17, 15) is 9.59 Å². The molecule has 0 saturated heterocycles. The van der Waals surface area contributed by atoms with Crippen LogP contribution in [0.25, 0.3) is 11.3 Å². The number of carbonyl (C=O) groups is 2. The Balaban J connectivity index is 1.72. The first-order valence-corrected chi connectivity index (χ1v) is 12.4. The van der Waals surface area contributed by atoms with E-state index in [0.29, 0.717) is 40.5 Å². The Morgan fingerprint density at radius 3 is 2.33 bits per heavy atom. The summed E-state index contributed by atoms with van der Waals surface area (Å²) in [4.78, 5) is 28.1. The predicted molar refractivity (Wildman–Crippen MR) is 148 cm³/mol. The molecule has 1 aliphatic heterocycles. The summed E-state index contributed by atoms with van der Waals surface area (Å²) in [5.74, 6) is 0.180. The van der Waals surface area contributed by atoms with Crippen molar-refractivity contribution in [3.05, 3.63) is 95.1 Å². The summed E-state index contributed by atoms with van der Waals surface area (Å²) in [6.45, 7) is 5.73. The van der Waals surface area contributed by atoms with Gasteiger partial charge in [0.25, 0.3) is 11.8 Å². The molecular formula is C30H34N4O2. The Bertz CT molecular complexity index is 1260. The summed E-state index contributed by atoms with van der Waals surface area (Å²) in [5.41, 5.74) is 6.14. The van der Waals surface area contributed by atoms with E-state index in [0.717, 1.165) is 24.2 Å². The smallest absolute Gasteiger partial charge is 0.258 e. The van der Waals surface area contributed by atoms with E-state index in [2.05, 4.69) is 46.8 Å². The van der Waals surface area contributed by atoms with Gasteiger partial charge < -0.3 is 20.9 Å². The average molecular weight is 483 g/mol. The van der Waals surface area contributed by atoms with Crippen LogP contribution in [0.4, 0.5) is 11.4 Å². The van der Waals surface area contributed by atoms with E-state index in [4.69, 9.17) is 0 Å². The number of amides is 2. The molecule has 186 valence electrons. The fourth-order valence-corrected chi connectivity index (χ4v) is 4.22. The van der Waals surface area contributed by atoms with E-state index in [1.165, 1.54) is 5.56 Å². The molecule has 3 aromatic rings. The van der Waals surface area contributed by atoms with Crippen molar-refractivity contribution in [3.63, 3.8) is 0 Å². The van der Waals surface area contributed by atoms with Crippen molar-refractivity contribution in [2.45, 2.75) is 26.8 Å². The largest absolute Gasteiger partial charge is 0.354 e. The Morgan fingerprint density at radius 2 is 1.67 bits per heavy atom. The van der Waals surface area contributed by atoms with Gasteiger partial charge in [-0.1, -0.05) is 56.3 Å². The van der Waals surface area contributed by atoms with Gasteiger partial charge >= 0.3 is 0 Å². The number of benzene rings is 3. The van der Waals surface area contributed by atoms with Crippen LogP contribution < -0.4 is 16.0 Å². The van der Waals surface area contributed by atoms with Gasteiger partial charge in [-0.15, -0.1) is 0 Å². The van der Waals surface area contributed by atoms with Gasteiger partial charge in [-0.05, 0) is 67.9 Å². The second-order valence-corrected chi connectivity index (χ2v) is 9.83. The standard InChI is InChI=1S/C30H34N4O2/c1-20(2)16-17-31-29(35)23-12-15-26-25(18-23)27(30(36)33-26)28(22-8-6-5-7-9-22)32-24-13-10-21(11-14-24)19-34(3)4/h5-15,18,20,32H,16-17,19H2,1-4H3,(H,31,35)(H,33,36)/b28-27-. The molecule has 0 unspecified atom stereocenters. The minimum atomic E-state index is -0.196. The Morgan fingerprint density at radius 1 is 0.944 bits per heavy atom. The van der Waals surface area contributed by atoms with E-state index in [1.807, 2.05) is 56.6 Å². The van der Waals surface area contributed by atoms with Crippen molar-refractivity contribution in [3.8, 4) is 0 Å². The minimum absolute atomic E-state index is 0.136. The lowest BCUT2D eigenvalue weighted by Gasteiger charge is -2.16. The fraction of sp³-hybridized carbons (Fsp3) is 0.267. The monoisotopic (exact) mass is 482 g/mol. The highest BCUT2D eigenvalue weighted by atomic mass is 16.2. The molecule has 0 aromatic heterocycles. The first-order chi connectivity index (χ1) is 17.3. The first kappa shape index (κ1) is 25.2. The summed E-state index contributed by atoms with van der Waals surface area (Å²) in [7, 11) is 4.08. The maximum atomic E-state index is 13.2. The maximum Gasteiger partial charge on any atom is 0.258 e. The third-order valence-corrected chi connectivity index (χ3v) is 6.07. The SMILES string of the molecule is CC(C)CCNC(=O)c1ccc2c(c1)/C(=C(/Nc1ccc(CN(C)C)cc1)c1ccccc1)C(=O)N2. The van der Waals surface area contributed by atoms with Gasteiger partial charge in [0.2, 0.25) is 0 Å². The molecule has 1 aliphatic rings. The molecule has 6 heteroatoms. The highest BCUT2D eigenvalue weighted by molar-refractivity contribution is 6.37. The minimum Gasteiger partial charge on any atom is -0.354 e. The Labute approximate surface area is 213 Å². The zero-order valence-corrected chi connectivity index (χ0v) is 21.4. The predicted octanol–water partition coefficient (Wildman–Crippen LogP) is 5.46. The van der Waals surface area contributed by atoms with Crippen LogP contribution in [0.15, 0.2) is 72.8 Å². The van der Waals surface area contributed by atoms with Gasteiger partial charge in [0.15, 0.2) is 0 Å². The van der Waals surface area contributed by atoms with Crippen molar-refractivity contribution >= 4 is 34.5 Å². The quantitative estimate of drug-likeness (QED) is 0.354. The molecule has 3 aromatic carbocycles. The van der Waals surface area contributed by atoms with Gasteiger partial charge in [-0.25, -0.2) is 0 Å². The van der Waals surface area contributed by atoms with Gasteiger partial charge in [0, 0.05) is 35.6 Å². The summed E-state index contributed by atoms with van der Waals surface area (Å²) >= 11 is 0. The van der Waals surface area contributed by atoms with Crippen molar-refractivity contribution in [1.82, 2.24) is 10.2 Å². The van der Waals surface area contributed by atoms with Crippen LogP contribution in [0.3, 0.4) is 0 Å². The number of carbonyl (C=O) groups excluding carboxylic acids is 2. The van der Waals surface area contributed by atoms with Crippen LogP contribution in [0.2, 0.25) is 0 Å². The van der Waals surface area contributed by atoms with E-state index < -0.39 is 0 Å². The maximum absolute atomic E-state index is 13.2. The molecule has 0 saturated carbocycles. The van der Waals surface area contributed by atoms with Crippen LogP contribution in [0.1, 0.15) is 47.3 Å². The molecule has 0 atom stereocenters. The second-order valence-electron chi connectivity index (χ2n) is 9.83. The van der Waals surface area contributed by atoms with Gasteiger partial charge in [-0.2, -0.15) is 0 Å². The zero-order valence-electron chi connectivity index (χ0n) is 21.4. The highest BCUT2D eigenvalue weighted by Gasteiger charge is 2.29. The van der Waals surface area contributed by atoms with Crippen molar-refractivity contribution in [1.29, 1.82) is 0 Å². The van der Waals surface area contributed by atoms with Crippen molar-refractivity contribution in [2.24, 2.45) is 5.92 Å². The molecule has 36 heavy (non-hydrogen) atoms. The molecule has 0 aliphatic carbocycles. The first-order valence-electron chi connectivity index (χ1n) is 12.4. The summed E-state index contributed by atoms with van der Waals surface area (Å²) in [6.07, 6.45) is 0.914. The van der Waals surface area contributed by atoms with Crippen LogP contribution in [0, 0.1) is 5.92 Å². The normalized spacial score (nSPS) is 14.0. The highest BCUT2D eigenvalue weighted by Crippen LogP contribution is 2.38. The third-order valence-electron chi connectivity index (χ3n) is 6.07. The molecule has 2 amide bonds. The summed E-state index contributed by atoms with van der Waals surface area (Å²) in [5, 5.41) is 9.44. The zero-order chi connectivity index (χ0) is 25.7. The number of rotatable bonds is 9. The fourth-order valence-electron chi connectivity index (χ4n) is 4.22. The molecule has 3 N–H and O–H groups in total. The topological polar surface area (TPSA) is 73.5 Å². The van der Waals surface area contributed by atoms with E-state index >= 15 is 0 Å². The molecule has 0 radical (unpaired) electrons. The number of nitrogens with zero attached hydrogens (tertiary/aromatic N) is 1. The molecular weight excluding hydrogens is 448 g/mol. The van der Waals surface area contributed by atoms with Crippen LogP contribution in [0.5, 0.6) is 0 Å². The summed E-state index contributed by atoms with van der Waals surface area (Å²) in [6, 6.07) is 23.4. The lowest BCUT2D eigenvalue weighted by atomic mass is 9.98. The van der Waals surface area contributed by atoms with Gasteiger partial charge in [0.1, 0.15) is 0 Å². The van der Waals surface area contributed by atoms with Crippen LogP contribution >= 0.6 is 0 Å². The number of hydrogen-bond acceptors (Lipinski definition) is 4. The molecule has 0 bridgehead atoms. The third kappa shape index (κ3) is 6.01. The summed E-state index contributed by atoms with van der Waals surface area (Å²) < 4.78 is 0. The van der Waals surface area contributed by atoms with E-state index in [1.54, 1.807) is 18.2 Å². The lowest BCUT2D eigenvalue weighted by molar-refractivity contribution is -0.110. The number of fused-ring (bicyclic) bond motifs is 1. The Kier molecular flexibility index (Phi) is 7.86. The Hall–Kier alpha value is -3.90. The molecule has 1 heterocycles. The molecule has 0 spiro atoms.